The molecule has 0 aromatic heterocycles. The van der Waals surface area contributed by atoms with Gasteiger partial charge < -0.3 is 10.6 Å². The fourth-order valence-corrected chi connectivity index (χ4v) is 3.52. The summed E-state index contributed by atoms with van der Waals surface area (Å²) in [6, 6.07) is 8.59. The smallest absolute Gasteiger partial charge is 0.357 e. The summed E-state index contributed by atoms with van der Waals surface area (Å²) >= 11 is 0. The standard InChI is InChI=1S/C20H23F4N3O2S.HI/c1-3-25-19(26-11-14-4-7-17(8-5-14)20(22,23)24)27-12-16-10-18(21)9-6-15(16)13-30(2,28)29;/h4-10H,3,11-13H2,1-2H3,(H2,25,26,27);1H. The molecule has 0 spiro atoms. The number of aliphatic imine (C=N–C) groups is 1. The molecular formula is C20H24F4IN3O2S. The molecule has 0 fully saturated rings. The van der Waals surface area contributed by atoms with Crippen LogP contribution in [0.3, 0.4) is 0 Å². The van der Waals surface area contributed by atoms with Crippen LogP contribution in [-0.4, -0.2) is 27.2 Å². The molecule has 0 bridgehead atoms. The summed E-state index contributed by atoms with van der Waals surface area (Å²) in [5, 5.41) is 5.98. The monoisotopic (exact) mass is 573 g/mol. The summed E-state index contributed by atoms with van der Waals surface area (Å²) in [6.07, 6.45) is -3.30. The molecule has 5 nitrogen and oxygen atoms in total. The zero-order valence-electron chi connectivity index (χ0n) is 17.0. The number of guanidine groups is 1. The average Bonchev–Trinajstić information content (AvgIpc) is 2.64. The van der Waals surface area contributed by atoms with Crippen molar-refractivity contribution in [1.29, 1.82) is 0 Å². The van der Waals surface area contributed by atoms with Gasteiger partial charge in [-0.25, -0.2) is 17.8 Å². The van der Waals surface area contributed by atoms with Crippen LogP contribution in [0.25, 0.3) is 0 Å². The molecule has 0 heterocycles. The molecule has 0 aliphatic carbocycles. The van der Waals surface area contributed by atoms with Gasteiger partial charge >= 0.3 is 6.18 Å². The maximum absolute atomic E-state index is 13.6. The van der Waals surface area contributed by atoms with Crippen molar-refractivity contribution in [3.8, 4) is 0 Å². The lowest BCUT2D eigenvalue weighted by atomic mass is 10.1. The third-order valence-electron chi connectivity index (χ3n) is 4.08. The van der Waals surface area contributed by atoms with Crippen molar-refractivity contribution in [2.45, 2.75) is 31.9 Å². The van der Waals surface area contributed by atoms with E-state index in [-0.39, 0.29) is 42.8 Å². The Morgan fingerprint density at radius 3 is 2.23 bits per heavy atom. The Bertz CT molecular complexity index is 994. The fourth-order valence-electron chi connectivity index (χ4n) is 2.67. The number of nitrogens with one attached hydrogen (secondary N) is 2. The quantitative estimate of drug-likeness (QED) is 0.225. The maximum atomic E-state index is 13.6. The molecule has 2 N–H and O–H groups in total. The first-order chi connectivity index (χ1) is 14.0. The molecule has 2 aromatic rings. The molecule has 0 saturated carbocycles. The average molecular weight is 573 g/mol. The number of benzene rings is 2. The van der Waals surface area contributed by atoms with Crippen LogP contribution in [0, 0.1) is 5.82 Å². The van der Waals surface area contributed by atoms with Gasteiger partial charge in [0.05, 0.1) is 17.9 Å². The van der Waals surface area contributed by atoms with Crippen molar-refractivity contribution >= 4 is 39.8 Å². The van der Waals surface area contributed by atoms with Crippen molar-refractivity contribution in [3.05, 3.63) is 70.5 Å². The molecule has 31 heavy (non-hydrogen) atoms. The number of hydrogen-bond acceptors (Lipinski definition) is 3. The third kappa shape index (κ3) is 9.42. The van der Waals surface area contributed by atoms with Gasteiger partial charge in [0.25, 0.3) is 0 Å². The summed E-state index contributed by atoms with van der Waals surface area (Å²) in [5.41, 5.74) is 0.805. The minimum Gasteiger partial charge on any atom is -0.357 e. The van der Waals surface area contributed by atoms with E-state index in [0.29, 0.717) is 29.2 Å². The number of rotatable bonds is 7. The lowest BCUT2D eigenvalue weighted by Crippen LogP contribution is -2.37. The summed E-state index contributed by atoms with van der Waals surface area (Å²) in [4.78, 5) is 4.32. The number of alkyl halides is 3. The van der Waals surface area contributed by atoms with Gasteiger partial charge in [-0.05, 0) is 47.9 Å². The van der Waals surface area contributed by atoms with Crippen molar-refractivity contribution in [2.75, 3.05) is 12.8 Å². The molecule has 2 aromatic carbocycles. The van der Waals surface area contributed by atoms with Crippen LogP contribution in [0.1, 0.15) is 29.2 Å². The van der Waals surface area contributed by atoms with Crippen molar-refractivity contribution in [2.24, 2.45) is 4.99 Å². The molecule has 2 rings (SSSR count). The van der Waals surface area contributed by atoms with E-state index in [4.69, 9.17) is 0 Å². The third-order valence-corrected chi connectivity index (χ3v) is 4.91. The van der Waals surface area contributed by atoms with Crippen molar-refractivity contribution < 1.29 is 26.0 Å². The Kier molecular flexibility index (Phi) is 10.2. The van der Waals surface area contributed by atoms with Crippen LogP contribution in [0.2, 0.25) is 0 Å². The summed E-state index contributed by atoms with van der Waals surface area (Å²) in [7, 11) is -3.30. The molecule has 0 unspecified atom stereocenters. The Balaban J connectivity index is 0.00000480. The van der Waals surface area contributed by atoms with E-state index in [1.807, 2.05) is 6.92 Å². The molecule has 0 atom stereocenters. The van der Waals surface area contributed by atoms with E-state index in [0.717, 1.165) is 18.4 Å². The van der Waals surface area contributed by atoms with Gasteiger partial charge in [-0.15, -0.1) is 24.0 Å². The highest BCUT2D eigenvalue weighted by molar-refractivity contribution is 14.0. The number of hydrogen-bond donors (Lipinski definition) is 2. The summed E-state index contributed by atoms with van der Waals surface area (Å²) < 4.78 is 74.8. The highest BCUT2D eigenvalue weighted by atomic mass is 127. The zero-order valence-corrected chi connectivity index (χ0v) is 20.1. The number of halogens is 5. The van der Waals surface area contributed by atoms with Crippen molar-refractivity contribution in [3.63, 3.8) is 0 Å². The zero-order chi connectivity index (χ0) is 22.4. The van der Waals surface area contributed by atoms with Gasteiger partial charge in [-0.2, -0.15) is 13.2 Å². The molecule has 0 amide bonds. The predicted octanol–water partition coefficient (Wildman–Crippen LogP) is 4.26. The first-order valence-corrected chi connectivity index (χ1v) is 11.2. The van der Waals surface area contributed by atoms with E-state index >= 15 is 0 Å². The molecule has 0 radical (unpaired) electrons. The van der Waals surface area contributed by atoms with E-state index in [9.17, 15) is 26.0 Å². The van der Waals surface area contributed by atoms with Gasteiger partial charge in [0, 0.05) is 19.3 Å². The minimum atomic E-state index is -4.40. The van der Waals surface area contributed by atoms with E-state index in [1.165, 1.54) is 30.3 Å². The lowest BCUT2D eigenvalue weighted by Gasteiger charge is -2.14. The Labute approximate surface area is 196 Å². The van der Waals surface area contributed by atoms with Crippen LogP contribution in [0.4, 0.5) is 17.6 Å². The highest BCUT2D eigenvalue weighted by Gasteiger charge is 2.29. The van der Waals surface area contributed by atoms with E-state index in [2.05, 4.69) is 15.6 Å². The fraction of sp³-hybridized carbons (Fsp3) is 0.350. The first-order valence-electron chi connectivity index (χ1n) is 9.11. The number of sulfone groups is 1. The topological polar surface area (TPSA) is 70.6 Å². The van der Waals surface area contributed by atoms with E-state index in [1.54, 1.807) is 0 Å². The predicted molar refractivity (Wildman–Crippen MR) is 123 cm³/mol. The highest BCUT2D eigenvalue weighted by Crippen LogP contribution is 2.29. The second-order valence-electron chi connectivity index (χ2n) is 6.73. The van der Waals surface area contributed by atoms with Crippen LogP contribution in [0.5, 0.6) is 0 Å². The number of nitrogens with zero attached hydrogens (tertiary/aromatic N) is 1. The second kappa shape index (κ2) is 11.7. The molecular weight excluding hydrogens is 549 g/mol. The maximum Gasteiger partial charge on any atom is 0.416 e. The lowest BCUT2D eigenvalue weighted by molar-refractivity contribution is -0.137. The molecule has 0 saturated heterocycles. The minimum absolute atomic E-state index is 0. The molecule has 11 heteroatoms. The van der Waals surface area contributed by atoms with Gasteiger partial charge in [0.2, 0.25) is 0 Å². The Morgan fingerprint density at radius 1 is 1.03 bits per heavy atom. The normalized spacial score (nSPS) is 12.3. The molecule has 0 aliphatic heterocycles. The second-order valence-corrected chi connectivity index (χ2v) is 8.87. The van der Waals surface area contributed by atoms with Gasteiger partial charge in [-0.3, -0.25) is 0 Å². The van der Waals surface area contributed by atoms with Gasteiger partial charge in [0.15, 0.2) is 15.8 Å². The molecule has 172 valence electrons. The van der Waals surface area contributed by atoms with Crippen LogP contribution < -0.4 is 10.6 Å². The van der Waals surface area contributed by atoms with Gasteiger partial charge in [0.1, 0.15) is 5.82 Å². The summed E-state index contributed by atoms with van der Waals surface area (Å²) in [6.45, 7) is 2.62. The Hall–Kier alpha value is -1.89. The van der Waals surface area contributed by atoms with Crippen molar-refractivity contribution in [1.82, 2.24) is 10.6 Å². The SMILES string of the molecule is CCNC(=NCc1ccc(C(F)(F)F)cc1)NCc1cc(F)ccc1CS(C)(=O)=O.I. The van der Waals surface area contributed by atoms with E-state index < -0.39 is 27.4 Å². The van der Waals surface area contributed by atoms with Crippen LogP contribution in [0.15, 0.2) is 47.5 Å². The Morgan fingerprint density at radius 2 is 1.68 bits per heavy atom. The van der Waals surface area contributed by atoms with Gasteiger partial charge in [-0.1, -0.05) is 18.2 Å². The first kappa shape index (κ1) is 27.1. The van der Waals surface area contributed by atoms with Crippen LogP contribution in [-0.2, 0) is 34.9 Å². The largest absolute Gasteiger partial charge is 0.416 e. The summed E-state index contributed by atoms with van der Waals surface area (Å²) in [5.74, 6) is -0.341. The molecule has 0 aliphatic rings. The van der Waals surface area contributed by atoms with Crippen LogP contribution >= 0.6 is 24.0 Å².